The summed E-state index contributed by atoms with van der Waals surface area (Å²) in [4.78, 5) is 0. The predicted molar refractivity (Wildman–Crippen MR) is 248 cm³/mol. The average molecular weight is 896 g/mol. The van der Waals surface area contributed by atoms with Gasteiger partial charge in [-0.05, 0) is 0 Å². The number of hydrogen-bond acceptors (Lipinski definition) is 0. The van der Waals surface area contributed by atoms with Crippen molar-refractivity contribution in [2.75, 3.05) is 0 Å². The van der Waals surface area contributed by atoms with E-state index in [2.05, 4.69) is 167 Å². The number of rotatable bonds is 9. The van der Waals surface area contributed by atoms with Crippen molar-refractivity contribution in [2.45, 2.75) is 53.4 Å². The molecule has 0 fully saturated rings. The van der Waals surface area contributed by atoms with Gasteiger partial charge in [0, 0.05) is 0 Å². The van der Waals surface area contributed by atoms with Crippen molar-refractivity contribution in [1.82, 2.24) is 0 Å². The van der Waals surface area contributed by atoms with E-state index in [0.717, 1.165) is 35.7 Å². The Morgan fingerprint density at radius 3 is 1.79 bits per heavy atom. The summed E-state index contributed by atoms with van der Waals surface area (Å²) >= 11 is 8.81. The van der Waals surface area contributed by atoms with E-state index in [0.29, 0.717) is 0 Å². The van der Waals surface area contributed by atoms with Crippen LogP contribution in [0.2, 0.25) is 10.0 Å². The van der Waals surface area contributed by atoms with Gasteiger partial charge in [-0.2, -0.15) is 0 Å². The standard InChI is InChI=1S/C25H17.C13H21.2C6H4Cl.CH2.2ClH.Zr/c1-3-7-18(8-4-1)20-11-13-24-22(15-20)17-23-16-21(12-14-25(23)24)19-9-5-2-6-10-19;1-5-6-7-11-8-9-12(10-11)13(2,3)4;2*7-6-4-2-1-3-5-6;;;;/h1-15H,17H2;9-11H,5-7H2,1-4H3;2*1-2,4-5H;1H2;2*1H;. The molecule has 1 unspecified atom stereocenters. The monoisotopic (exact) mass is 892 g/mol. The molecule has 2 aliphatic carbocycles. The Balaban J connectivity index is 0.00000266. The summed E-state index contributed by atoms with van der Waals surface area (Å²) in [7, 11) is 0. The van der Waals surface area contributed by atoms with Gasteiger partial charge in [-0.25, -0.2) is 0 Å². The first-order valence-electron chi connectivity index (χ1n) is 19.4. The van der Waals surface area contributed by atoms with Crippen LogP contribution in [-0.2, 0) is 24.7 Å². The number of hydrogen-bond donors (Lipinski definition) is 0. The van der Waals surface area contributed by atoms with Crippen molar-refractivity contribution in [3.05, 3.63) is 182 Å². The van der Waals surface area contributed by atoms with Crippen LogP contribution in [0.1, 0.15) is 58.1 Å². The molecule has 1 atom stereocenters. The van der Waals surface area contributed by atoms with Gasteiger partial charge in [0.05, 0.1) is 0 Å². The first-order chi connectivity index (χ1) is 26.0. The van der Waals surface area contributed by atoms with Crippen molar-refractivity contribution in [3.8, 4) is 33.4 Å². The van der Waals surface area contributed by atoms with Gasteiger partial charge < -0.3 is 0 Å². The van der Waals surface area contributed by atoms with Crippen LogP contribution in [0.25, 0.3) is 33.4 Å². The first kappa shape index (κ1) is 42.3. The molecule has 56 heavy (non-hydrogen) atoms. The Bertz CT molecular complexity index is 2470. The van der Waals surface area contributed by atoms with E-state index in [1.165, 1.54) is 63.2 Å². The second-order valence-electron chi connectivity index (χ2n) is 16.5. The van der Waals surface area contributed by atoms with Gasteiger partial charge in [-0.1, -0.05) is 0 Å². The molecule has 6 aromatic carbocycles. The maximum absolute atomic E-state index is 7.12. The number of fused-ring (bicyclic) bond motifs is 3. The second-order valence-corrected chi connectivity index (χ2v) is 30.0. The SMILES string of the molecule is Cl.Cl.[CH2]=[Zr]([C]1=CC(C(C)(C)C)=CC1CCCC)([c]1cccc(Cl)c1)([c]1cccc(Cl)c1)[c]1c(-c2ccccc2)ccc2c1Cc1cc(-c3ccccc3)ccc1-2. The van der Waals surface area contributed by atoms with Crippen molar-refractivity contribution in [1.29, 1.82) is 0 Å². The van der Waals surface area contributed by atoms with Crippen LogP contribution in [0.3, 0.4) is 0 Å². The molecule has 0 nitrogen and oxygen atoms in total. The van der Waals surface area contributed by atoms with Crippen LogP contribution >= 0.6 is 48.0 Å². The molecule has 0 aliphatic heterocycles. The topological polar surface area (TPSA) is 0 Å². The van der Waals surface area contributed by atoms with Crippen LogP contribution in [0.5, 0.6) is 0 Å². The first-order valence-corrected chi connectivity index (χ1v) is 26.8. The Kier molecular flexibility index (Phi) is 12.5. The fraction of sp³-hybridized carbons (Fsp3) is 0.196. The number of unbranched alkanes of at least 4 members (excludes halogenated alkanes) is 1. The fourth-order valence-electron chi connectivity index (χ4n) is 9.50. The molecule has 0 radical (unpaired) electrons. The zero-order valence-electron chi connectivity index (χ0n) is 32.6. The number of halogens is 4. The van der Waals surface area contributed by atoms with Gasteiger partial charge in [0.2, 0.25) is 0 Å². The summed E-state index contributed by atoms with van der Waals surface area (Å²) in [5.74, 6) is 0.230. The van der Waals surface area contributed by atoms with E-state index < -0.39 is 18.3 Å². The maximum atomic E-state index is 7.12. The fourth-order valence-corrected chi connectivity index (χ4v) is 27.5. The minimum atomic E-state index is -5.42. The molecule has 0 aromatic heterocycles. The zero-order valence-corrected chi connectivity index (χ0v) is 38.2. The van der Waals surface area contributed by atoms with Gasteiger partial charge in [0.15, 0.2) is 0 Å². The van der Waals surface area contributed by atoms with Crippen LogP contribution in [0, 0.1) is 11.3 Å². The summed E-state index contributed by atoms with van der Waals surface area (Å²) in [5.41, 5.74) is 11.6. The minimum absolute atomic E-state index is 0. The van der Waals surface area contributed by atoms with Gasteiger partial charge >= 0.3 is 335 Å². The van der Waals surface area contributed by atoms with Crippen LogP contribution in [0.15, 0.2) is 161 Å². The van der Waals surface area contributed by atoms with Gasteiger partial charge in [0.1, 0.15) is 0 Å². The van der Waals surface area contributed by atoms with E-state index in [1.807, 2.05) is 12.1 Å². The molecule has 0 bridgehead atoms. The Labute approximate surface area is 357 Å². The summed E-state index contributed by atoms with van der Waals surface area (Å²) in [5, 5.41) is 1.46. The summed E-state index contributed by atoms with van der Waals surface area (Å²) in [6, 6.07) is 51.0. The third-order valence-corrected chi connectivity index (χ3v) is 29.0. The molecule has 6 aromatic rings. The van der Waals surface area contributed by atoms with Crippen molar-refractivity contribution < 1.29 is 18.3 Å². The van der Waals surface area contributed by atoms with E-state index in [1.54, 1.807) is 0 Å². The number of benzene rings is 6. The molecule has 5 heteroatoms. The predicted octanol–water partition coefficient (Wildman–Crippen LogP) is 13.8. The molecule has 0 N–H and O–H groups in total. The normalized spacial score (nSPS) is 14.9. The van der Waals surface area contributed by atoms with Gasteiger partial charge in [0.25, 0.3) is 0 Å². The zero-order chi connectivity index (χ0) is 37.7. The Morgan fingerprint density at radius 2 is 1.21 bits per heavy atom. The molecular weight excluding hydrogens is 846 g/mol. The molecular formula is C51H50Cl4Zr. The summed E-state index contributed by atoms with van der Waals surface area (Å²) in [6.07, 6.45) is 9.34. The Hall–Kier alpha value is -3.29. The molecule has 0 heterocycles. The van der Waals surface area contributed by atoms with Gasteiger partial charge in [-0.3, -0.25) is 0 Å². The number of allylic oxidation sites excluding steroid dienone is 4. The third-order valence-electron chi connectivity index (χ3n) is 12.2. The molecule has 8 rings (SSSR count). The summed E-state index contributed by atoms with van der Waals surface area (Å²) in [6.45, 7) is 9.34. The van der Waals surface area contributed by atoms with Crippen LogP contribution in [-0.4, -0.2) is 4.21 Å². The van der Waals surface area contributed by atoms with Crippen LogP contribution < -0.4 is 9.81 Å². The molecule has 0 saturated carbocycles. The second kappa shape index (κ2) is 16.5. The Morgan fingerprint density at radius 1 is 0.643 bits per heavy atom. The van der Waals surface area contributed by atoms with Crippen LogP contribution in [0.4, 0.5) is 0 Å². The van der Waals surface area contributed by atoms with Gasteiger partial charge in [-0.15, -0.1) is 24.8 Å². The molecule has 2 aliphatic rings. The third kappa shape index (κ3) is 7.12. The molecule has 286 valence electrons. The summed E-state index contributed by atoms with van der Waals surface area (Å²) < 4.78 is 11.3. The van der Waals surface area contributed by atoms with Crippen molar-refractivity contribution in [3.63, 3.8) is 0 Å². The van der Waals surface area contributed by atoms with E-state index in [-0.39, 0.29) is 36.1 Å². The molecule has 0 spiro atoms. The van der Waals surface area contributed by atoms with E-state index >= 15 is 0 Å². The molecule has 0 amide bonds. The molecule has 0 saturated heterocycles. The van der Waals surface area contributed by atoms with E-state index in [9.17, 15) is 0 Å². The van der Waals surface area contributed by atoms with Crippen molar-refractivity contribution in [2.24, 2.45) is 11.3 Å². The quantitative estimate of drug-likeness (QED) is 0.135. The average Bonchev–Trinajstić information content (AvgIpc) is 3.80. The van der Waals surface area contributed by atoms with Crippen molar-refractivity contribution >= 4 is 62.0 Å². The van der Waals surface area contributed by atoms with E-state index in [4.69, 9.17) is 27.4 Å².